The monoisotopic (exact) mass is 233 g/mol. The van der Waals surface area contributed by atoms with E-state index in [9.17, 15) is 0 Å². The maximum Gasteiger partial charge on any atom is 0.0236 e. The Kier molecular flexibility index (Phi) is 6.28. The first kappa shape index (κ1) is 14.2. The highest BCUT2D eigenvalue weighted by molar-refractivity contribution is 5.33. The van der Waals surface area contributed by atoms with Gasteiger partial charge in [-0.15, -0.1) is 0 Å². The third-order valence-electron chi connectivity index (χ3n) is 3.31. The van der Waals surface area contributed by atoms with E-state index in [1.807, 2.05) is 13.8 Å². The Balaban J connectivity index is 0.000000686. The number of hydrogen-bond donors (Lipinski definition) is 0. The summed E-state index contributed by atoms with van der Waals surface area (Å²) in [5.41, 5.74) is 4.62. The highest BCUT2D eigenvalue weighted by atomic mass is 15.1. The van der Waals surface area contributed by atoms with Crippen LogP contribution in [0.15, 0.2) is 18.2 Å². The first-order valence-electron chi connectivity index (χ1n) is 7.16. The molecule has 1 nitrogen and oxygen atoms in total. The average molecular weight is 233 g/mol. The third kappa shape index (κ3) is 3.85. The smallest absolute Gasteiger partial charge is 0.0236 e. The van der Waals surface area contributed by atoms with E-state index in [0.717, 1.165) is 13.0 Å². The average Bonchev–Trinajstić information content (AvgIpc) is 2.41. The lowest BCUT2D eigenvalue weighted by Crippen LogP contribution is -2.31. The number of rotatable bonds is 3. The summed E-state index contributed by atoms with van der Waals surface area (Å²) in [7, 11) is 0. The Labute approximate surface area is 107 Å². The van der Waals surface area contributed by atoms with Crippen molar-refractivity contribution in [2.45, 2.75) is 53.5 Å². The SMILES string of the molecule is CC.CCCN1CCc2cc(CC)ccc2C1. The lowest BCUT2D eigenvalue weighted by atomic mass is 9.96. The van der Waals surface area contributed by atoms with Gasteiger partial charge in [0.15, 0.2) is 0 Å². The van der Waals surface area contributed by atoms with Gasteiger partial charge in [0.25, 0.3) is 0 Å². The summed E-state index contributed by atoms with van der Waals surface area (Å²) >= 11 is 0. The van der Waals surface area contributed by atoms with E-state index < -0.39 is 0 Å². The van der Waals surface area contributed by atoms with Gasteiger partial charge in [-0.3, -0.25) is 4.90 Å². The van der Waals surface area contributed by atoms with Crippen LogP contribution in [-0.4, -0.2) is 18.0 Å². The summed E-state index contributed by atoms with van der Waals surface area (Å²) in [6.45, 7) is 12.1. The number of hydrogen-bond acceptors (Lipinski definition) is 1. The Morgan fingerprint density at radius 2 is 1.88 bits per heavy atom. The molecular weight excluding hydrogens is 206 g/mol. The fraction of sp³-hybridized carbons (Fsp3) is 0.625. The van der Waals surface area contributed by atoms with Crippen molar-refractivity contribution in [3.63, 3.8) is 0 Å². The molecule has 0 atom stereocenters. The number of nitrogens with zero attached hydrogens (tertiary/aromatic N) is 1. The van der Waals surface area contributed by atoms with Crippen LogP contribution in [0.4, 0.5) is 0 Å². The maximum absolute atomic E-state index is 2.56. The molecule has 0 aliphatic carbocycles. The molecule has 96 valence electrons. The fourth-order valence-electron chi connectivity index (χ4n) is 2.39. The molecular formula is C16H27N. The summed E-state index contributed by atoms with van der Waals surface area (Å²) in [4.78, 5) is 2.56. The minimum absolute atomic E-state index is 1.16. The summed E-state index contributed by atoms with van der Waals surface area (Å²) < 4.78 is 0. The van der Waals surface area contributed by atoms with Crippen molar-refractivity contribution in [1.82, 2.24) is 4.90 Å². The van der Waals surface area contributed by atoms with Gasteiger partial charge in [0, 0.05) is 13.1 Å². The lowest BCUT2D eigenvalue weighted by molar-refractivity contribution is 0.255. The summed E-state index contributed by atoms with van der Waals surface area (Å²) in [6, 6.07) is 7.02. The van der Waals surface area contributed by atoms with Gasteiger partial charge in [0.2, 0.25) is 0 Å². The van der Waals surface area contributed by atoms with E-state index in [-0.39, 0.29) is 0 Å². The van der Waals surface area contributed by atoms with Gasteiger partial charge in [0.05, 0.1) is 0 Å². The maximum atomic E-state index is 2.56. The molecule has 1 aromatic rings. The zero-order valence-electron chi connectivity index (χ0n) is 11.9. The quantitative estimate of drug-likeness (QED) is 0.761. The zero-order chi connectivity index (χ0) is 12.7. The van der Waals surface area contributed by atoms with Gasteiger partial charge in [0.1, 0.15) is 0 Å². The van der Waals surface area contributed by atoms with Gasteiger partial charge in [-0.25, -0.2) is 0 Å². The van der Waals surface area contributed by atoms with E-state index in [2.05, 4.69) is 36.9 Å². The van der Waals surface area contributed by atoms with E-state index in [1.54, 1.807) is 11.1 Å². The molecule has 2 rings (SSSR count). The largest absolute Gasteiger partial charge is 0.299 e. The molecule has 0 radical (unpaired) electrons. The molecule has 1 heteroatoms. The van der Waals surface area contributed by atoms with Crippen molar-refractivity contribution in [1.29, 1.82) is 0 Å². The molecule has 1 heterocycles. The fourth-order valence-corrected chi connectivity index (χ4v) is 2.39. The second-order valence-corrected chi connectivity index (χ2v) is 4.48. The molecule has 0 amide bonds. The first-order chi connectivity index (χ1) is 8.33. The molecule has 1 aromatic carbocycles. The topological polar surface area (TPSA) is 3.24 Å². The van der Waals surface area contributed by atoms with Crippen LogP contribution in [0.3, 0.4) is 0 Å². The molecule has 0 saturated carbocycles. The van der Waals surface area contributed by atoms with Crippen LogP contribution in [0.2, 0.25) is 0 Å². The predicted molar refractivity (Wildman–Crippen MR) is 76.4 cm³/mol. The Hall–Kier alpha value is -0.820. The lowest BCUT2D eigenvalue weighted by Gasteiger charge is -2.28. The Morgan fingerprint density at radius 1 is 1.12 bits per heavy atom. The Morgan fingerprint density at radius 3 is 2.53 bits per heavy atom. The van der Waals surface area contributed by atoms with E-state index >= 15 is 0 Å². The number of benzene rings is 1. The second kappa shape index (κ2) is 7.50. The van der Waals surface area contributed by atoms with Crippen LogP contribution < -0.4 is 0 Å². The molecule has 0 aromatic heterocycles. The van der Waals surface area contributed by atoms with E-state index in [4.69, 9.17) is 0 Å². The van der Waals surface area contributed by atoms with Crippen molar-refractivity contribution in [2.75, 3.05) is 13.1 Å². The van der Waals surface area contributed by atoms with Crippen molar-refractivity contribution in [3.05, 3.63) is 34.9 Å². The van der Waals surface area contributed by atoms with Crippen molar-refractivity contribution in [2.24, 2.45) is 0 Å². The van der Waals surface area contributed by atoms with Gasteiger partial charge >= 0.3 is 0 Å². The van der Waals surface area contributed by atoms with Crippen LogP contribution in [-0.2, 0) is 19.4 Å². The molecule has 17 heavy (non-hydrogen) atoms. The Bertz CT molecular complexity index is 330. The molecule has 0 N–H and O–H groups in total. The summed E-state index contributed by atoms with van der Waals surface area (Å²) in [6.07, 6.45) is 3.66. The molecule has 1 aliphatic heterocycles. The minimum atomic E-state index is 1.16. The van der Waals surface area contributed by atoms with E-state index in [1.165, 1.54) is 31.5 Å². The normalized spacial score (nSPS) is 14.8. The molecule has 0 saturated heterocycles. The van der Waals surface area contributed by atoms with Crippen LogP contribution >= 0.6 is 0 Å². The molecule has 0 bridgehead atoms. The second-order valence-electron chi connectivity index (χ2n) is 4.48. The standard InChI is InChI=1S/C14H21N.C2H6/c1-3-8-15-9-7-13-10-12(4-2)5-6-14(13)11-15;1-2/h5-6,10H,3-4,7-9,11H2,1-2H3;1-2H3. The van der Waals surface area contributed by atoms with Crippen LogP contribution in [0.5, 0.6) is 0 Å². The molecule has 1 aliphatic rings. The van der Waals surface area contributed by atoms with Gasteiger partial charge in [-0.05, 0) is 42.5 Å². The van der Waals surface area contributed by atoms with Gasteiger partial charge in [-0.1, -0.05) is 45.9 Å². The van der Waals surface area contributed by atoms with Crippen LogP contribution in [0, 0.1) is 0 Å². The van der Waals surface area contributed by atoms with Gasteiger partial charge in [-0.2, -0.15) is 0 Å². The van der Waals surface area contributed by atoms with Crippen molar-refractivity contribution >= 4 is 0 Å². The summed E-state index contributed by atoms with van der Waals surface area (Å²) in [5, 5.41) is 0. The number of aryl methyl sites for hydroxylation is 1. The predicted octanol–water partition coefficient (Wildman–Crippen LogP) is 4.04. The third-order valence-corrected chi connectivity index (χ3v) is 3.31. The zero-order valence-corrected chi connectivity index (χ0v) is 11.9. The molecule has 0 fully saturated rings. The van der Waals surface area contributed by atoms with Crippen molar-refractivity contribution in [3.8, 4) is 0 Å². The highest BCUT2D eigenvalue weighted by Crippen LogP contribution is 2.20. The first-order valence-corrected chi connectivity index (χ1v) is 7.16. The van der Waals surface area contributed by atoms with Gasteiger partial charge < -0.3 is 0 Å². The number of fused-ring (bicyclic) bond motifs is 1. The van der Waals surface area contributed by atoms with Crippen molar-refractivity contribution < 1.29 is 0 Å². The summed E-state index contributed by atoms with van der Waals surface area (Å²) in [5.74, 6) is 0. The van der Waals surface area contributed by atoms with E-state index in [0.29, 0.717) is 0 Å². The minimum Gasteiger partial charge on any atom is -0.299 e. The molecule has 0 spiro atoms. The van der Waals surface area contributed by atoms with Crippen LogP contribution in [0.1, 0.15) is 50.8 Å². The molecule has 0 unspecified atom stereocenters. The highest BCUT2D eigenvalue weighted by Gasteiger charge is 2.14. The van der Waals surface area contributed by atoms with Crippen LogP contribution in [0.25, 0.3) is 0 Å².